The molecule has 0 aliphatic carbocycles. The predicted octanol–water partition coefficient (Wildman–Crippen LogP) is 3.18. The summed E-state index contributed by atoms with van der Waals surface area (Å²) in [7, 11) is 0. The first-order chi connectivity index (χ1) is 8.76. The van der Waals surface area contributed by atoms with Gasteiger partial charge in [-0.2, -0.15) is 0 Å². The van der Waals surface area contributed by atoms with E-state index in [2.05, 4.69) is 46.1 Å². The zero-order valence-corrected chi connectivity index (χ0v) is 12.9. The standard InChI is InChI=1S/C14H23BrN2O/c1-3-7-16-14(11-18-8-4-2)9-13-6-5-12(15)10-17-13/h5-6,10,14,16H,3-4,7-9,11H2,1-2H3. The van der Waals surface area contributed by atoms with Gasteiger partial charge in [0, 0.05) is 35.4 Å². The highest BCUT2D eigenvalue weighted by Gasteiger charge is 2.09. The Kier molecular flexibility index (Phi) is 8.22. The average Bonchev–Trinajstić information content (AvgIpc) is 2.38. The summed E-state index contributed by atoms with van der Waals surface area (Å²) in [5, 5.41) is 3.51. The van der Waals surface area contributed by atoms with E-state index in [1.54, 1.807) is 0 Å². The molecule has 1 rings (SSSR count). The normalized spacial score (nSPS) is 12.6. The fourth-order valence-electron chi connectivity index (χ4n) is 1.69. The van der Waals surface area contributed by atoms with Crippen molar-refractivity contribution < 1.29 is 4.74 Å². The largest absolute Gasteiger partial charge is 0.380 e. The van der Waals surface area contributed by atoms with E-state index in [1.165, 1.54) is 0 Å². The van der Waals surface area contributed by atoms with E-state index in [0.29, 0.717) is 6.04 Å². The quantitative estimate of drug-likeness (QED) is 0.711. The predicted molar refractivity (Wildman–Crippen MR) is 78.8 cm³/mol. The summed E-state index contributed by atoms with van der Waals surface area (Å²) in [6.07, 6.45) is 4.96. The van der Waals surface area contributed by atoms with Crippen LogP contribution in [0.25, 0.3) is 0 Å². The molecule has 3 nitrogen and oxygen atoms in total. The maximum Gasteiger partial charge on any atom is 0.0623 e. The Bertz CT molecular complexity index is 316. The van der Waals surface area contributed by atoms with Crippen LogP contribution in [-0.2, 0) is 11.2 Å². The van der Waals surface area contributed by atoms with Crippen molar-refractivity contribution in [3.05, 3.63) is 28.5 Å². The summed E-state index contributed by atoms with van der Waals surface area (Å²) in [4.78, 5) is 4.41. The minimum Gasteiger partial charge on any atom is -0.380 e. The number of rotatable bonds is 9. The van der Waals surface area contributed by atoms with Gasteiger partial charge in [0.15, 0.2) is 0 Å². The second-order valence-corrected chi connectivity index (χ2v) is 5.31. The van der Waals surface area contributed by atoms with Crippen LogP contribution in [0, 0.1) is 0 Å². The van der Waals surface area contributed by atoms with Crippen molar-refractivity contribution in [2.75, 3.05) is 19.8 Å². The van der Waals surface area contributed by atoms with E-state index in [9.17, 15) is 0 Å². The first-order valence-electron chi connectivity index (χ1n) is 6.67. The van der Waals surface area contributed by atoms with Crippen LogP contribution in [0.5, 0.6) is 0 Å². The summed E-state index contributed by atoms with van der Waals surface area (Å²) < 4.78 is 6.66. The lowest BCUT2D eigenvalue weighted by Crippen LogP contribution is -2.36. The molecule has 18 heavy (non-hydrogen) atoms. The lowest BCUT2D eigenvalue weighted by atomic mass is 10.1. The van der Waals surface area contributed by atoms with Crippen molar-refractivity contribution in [1.82, 2.24) is 10.3 Å². The fraction of sp³-hybridized carbons (Fsp3) is 0.643. The van der Waals surface area contributed by atoms with Gasteiger partial charge in [-0.15, -0.1) is 0 Å². The molecule has 1 aromatic heterocycles. The van der Waals surface area contributed by atoms with E-state index in [1.807, 2.05) is 12.3 Å². The van der Waals surface area contributed by atoms with Crippen LogP contribution in [0.4, 0.5) is 0 Å². The van der Waals surface area contributed by atoms with Crippen LogP contribution in [0.15, 0.2) is 22.8 Å². The van der Waals surface area contributed by atoms with Gasteiger partial charge in [-0.1, -0.05) is 13.8 Å². The van der Waals surface area contributed by atoms with Gasteiger partial charge < -0.3 is 10.1 Å². The highest BCUT2D eigenvalue weighted by Crippen LogP contribution is 2.09. The van der Waals surface area contributed by atoms with Gasteiger partial charge in [0.2, 0.25) is 0 Å². The van der Waals surface area contributed by atoms with E-state index >= 15 is 0 Å². The van der Waals surface area contributed by atoms with E-state index in [-0.39, 0.29) is 0 Å². The summed E-state index contributed by atoms with van der Waals surface area (Å²) >= 11 is 3.40. The molecule has 4 heteroatoms. The van der Waals surface area contributed by atoms with Gasteiger partial charge in [0.1, 0.15) is 0 Å². The molecule has 0 amide bonds. The molecule has 1 atom stereocenters. The van der Waals surface area contributed by atoms with Crippen molar-refractivity contribution >= 4 is 15.9 Å². The average molecular weight is 315 g/mol. The number of pyridine rings is 1. The molecule has 1 aromatic rings. The SMILES string of the molecule is CCCNC(COCCC)Cc1ccc(Br)cn1. The molecule has 0 saturated carbocycles. The third-order valence-corrected chi connectivity index (χ3v) is 3.06. The Morgan fingerprint density at radius 1 is 1.33 bits per heavy atom. The number of ether oxygens (including phenoxy) is 1. The summed E-state index contributed by atoms with van der Waals surface area (Å²) in [6.45, 7) is 6.92. The molecule has 0 aliphatic rings. The molecule has 0 radical (unpaired) electrons. The van der Waals surface area contributed by atoms with Crippen molar-refractivity contribution in [1.29, 1.82) is 0 Å². The Hall–Kier alpha value is -0.450. The third kappa shape index (κ3) is 6.47. The van der Waals surface area contributed by atoms with Crippen LogP contribution >= 0.6 is 15.9 Å². The van der Waals surface area contributed by atoms with E-state index in [0.717, 1.165) is 49.2 Å². The van der Waals surface area contributed by atoms with Gasteiger partial charge >= 0.3 is 0 Å². The lowest BCUT2D eigenvalue weighted by molar-refractivity contribution is 0.111. The minimum absolute atomic E-state index is 0.352. The Morgan fingerprint density at radius 2 is 2.17 bits per heavy atom. The van der Waals surface area contributed by atoms with Crippen LogP contribution in [0.2, 0.25) is 0 Å². The van der Waals surface area contributed by atoms with Crippen LogP contribution in [0.3, 0.4) is 0 Å². The maximum absolute atomic E-state index is 5.64. The molecule has 0 aromatic carbocycles. The van der Waals surface area contributed by atoms with Crippen molar-refractivity contribution in [2.45, 2.75) is 39.2 Å². The molecule has 0 saturated heterocycles. The monoisotopic (exact) mass is 314 g/mol. The highest BCUT2D eigenvalue weighted by atomic mass is 79.9. The highest BCUT2D eigenvalue weighted by molar-refractivity contribution is 9.10. The van der Waals surface area contributed by atoms with Crippen LogP contribution in [0.1, 0.15) is 32.4 Å². The van der Waals surface area contributed by atoms with Crippen LogP contribution in [-0.4, -0.2) is 30.8 Å². The minimum atomic E-state index is 0.352. The second kappa shape index (κ2) is 9.48. The molecule has 0 aliphatic heterocycles. The topological polar surface area (TPSA) is 34.1 Å². The zero-order chi connectivity index (χ0) is 13.2. The van der Waals surface area contributed by atoms with Gasteiger partial charge in [0.05, 0.1) is 6.61 Å². The summed E-state index contributed by atoms with van der Waals surface area (Å²) in [5.41, 5.74) is 1.10. The summed E-state index contributed by atoms with van der Waals surface area (Å²) in [5.74, 6) is 0. The maximum atomic E-state index is 5.64. The Balaban J connectivity index is 2.45. The molecular formula is C14H23BrN2O. The molecule has 0 spiro atoms. The number of halogens is 1. The van der Waals surface area contributed by atoms with E-state index < -0.39 is 0 Å². The zero-order valence-electron chi connectivity index (χ0n) is 11.3. The first-order valence-corrected chi connectivity index (χ1v) is 7.47. The van der Waals surface area contributed by atoms with Crippen molar-refractivity contribution in [3.8, 4) is 0 Å². The Labute approximate surface area is 118 Å². The molecular weight excluding hydrogens is 292 g/mol. The number of nitrogens with one attached hydrogen (secondary N) is 1. The first kappa shape index (κ1) is 15.6. The lowest BCUT2D eigenvalue weighted by Gasteiger charge is -2.18. The van der Waals surface area contributed by atoms with Gasteiger partial charge in [-0.25, -0.2) is 0 Å². The molecule has 1 unspecified atom stereocenters. The van der Waals surface area contributed by atoms with Crippen molar-refractivity contribution in [2.24, 2.45) is 0 Å². The van der Waals surface area contributed by atoms with Crippen LogP contribution < -0.4 is 5.32 Å². The molecule has 0 bridgehead atoms. The molecule has 102 valence electrons. The number of nitrogens with zero attached hydrogens (tertiary/aromatic N) is 1. The Morgan fingerprint density at radius 3 is 2.78 bits per heavy atom. The van der Waals surface area contributed by atoms with Gasteiger partial charge in [-0.05, 0) is 47.4 Å². The molecule has 1 N–H and O–H groups in total. The fourth-order valence-corrected chi connectivity index (χ4v) is 1.92. The van der Waals surface area contributed by atoms with E-state index in [4.69, 9.17) is 4.74 Å². The smallest absolute Gasteiger partial charge is 0.0623 e. The summed E-state index contributed by atoms with van der Waals surface area (Å²) in [6, 6.07) is 4.45. The second-order valence-electron chi connectivity index (χ2n) is 4.40. The number of aromatic nitrogens is 1. The molecule has 0 fully saturated rings. The number of hydrogen-bond donors (Lipinski definition) is 1. The van der Waals surface area contributed by atoms with Crippen molar-refractivity contribution in [3.63, 3.8) is 0 Å². The number of hydrogen-bond acceptors (Lipinski definition) is 3. The van der Waals surface area contributed by atoms with Gasteiger partial charge in [-0.3, -0.25) is 4.98 Å². The van der Waals surface area contributed by atoms with Gasteiger partial charge in [0.25, 0.3) is 0 Å². The third-order valence-electron chi connectivity index (χ3n) is 2.59. The molecule has 1 heterocycles.